The highest BCUT2D eigenvalue weighted by Crippen LogP contribution is 2.17. The maximum Gasteiger partial charge on any atom is 0.404 e. The first-order valence-electron chi connectivity index (χ1n) is 4.49. The van der Waals surface area contributed by atoms with E-state index < -0.39 is 6.09 Å². The summed E-state index contributed by atoms with van der Waals surface area (Å²) in [6.45, 7) is 0.654. The lowest BCUT2D eigenvalue weighted by Gasteiger charge is -2.03. The second-order valence-electron chi connectivity index (χ2n) is 3.28. The van der Waals surface area contributed by atoms with E-state index in [4.69, 9.17) is 5.73 Å². The summed E-state index contributed by atoms with van der Waals surface area (Å²) in [5.41, 5.74) is 7.19. The molecule has 3 N–H and O–H groups in total. The third kappa shape index (κ3) is 1.90. The Labute approximate surface area is 86.2 Å². The number of nitrogens with one attached hydrogen (secondary N) is 1. The molecule has 78 valence electrons. The van der Waals surface area contributed by atoms with Gasteiger partial charge in [-0.25, -0.2) is 4.79 Å². The van der Waals surface area contributed by atoms with Crippen molar-refractivity contribution in [1.29, 1.82) is 0 Å². The first-order chi connectivity index (χ1) is 7.16. The van der Waals surface area contributed by atoms with Crippen LogP contribution in [-0.4, -0.2) is 12.0 Å². The van der Waals surface area contributed by atoms with Crippen molar-refractivity contribution in [3.05, 3.63) is 34.9 Å². The molecule has 2 rings (SSSR count). The highest BCUT2D eigenvalue weighted by atomic mass is 16.5. The maximum atomic E-state index is 11.3. The Balaban J connectivity index is 2.18. The minimum atomic E-state index is -0.819. The first kappa shape index (κ1) is 9.51. The highest BCUT2D eigenvalue weighted by Gasteiger charge is 2.18. The van der Waals surface area contributed by atoms with Crippen LogP contribution in [0.5, 0.6) is 0 Å². The largest absolute Gasteiger partial charge is 0.445 e. The van der Waals surface area contributed by atoms with Crippen molar-refractivity contribution >= 4 is 12.0 Å². The molecule has 15 heavy (non-hydrogen) atoms. The quantitative estimate of drug-likeness (QED) is 0.740. The fraction of sp³-hybridized carbons (Fsp3) is 0.200. The third-order valence-electron chi connectivity index (χ3n) is 2.24. The van der Waals surface area contributed by atoms with Crippen LogP contribution >= 0.6 is 0 Å². The Morgan fingerprint density at radius 2 is 2.33 bits per heavy atom. The third-order valence-corrected chi connectivity index (χ3v) is 2.24. The van der Waals surface area contributed by atoms with E-state index in [9.17, 15) is 9.59 Å². The molecule has 0 aliphatic carbocycles. The van der Waals surface area contributed by atoms with Crippen LogP contribution in [0.1, 0.15) is 21.5 Å². The fourth-order valence-electron chi connectivity index (χ4n) is 1.50. The lowest BCUT2D eigenvalue weighted by Crippen LogP contribution is -2.13. The number of amides is 2. The second kappa shape index (κ2) is 3.61. The molecule has 0 atom stereocenters. The van der Waals surface area contributed by atoms with E-state index in [-0.39, 0.29) is 12.5 Å². The van der Waals surface area contributed by atoms with Crippen molar-refractivity contribution in [3.8, 4) is 0 Å². The Kier molecular flexibility index (Phi) is 2.29. The van der Waals surface area contributed by atoms with Crippen LogP contribution in [-0.2, 0) is 17.9 Å². The summed E-state index contributed by atoms with van der Waals surface area (Å²) in [5.74, 6) is -0.0917. The van der Waals surface area contributed by atoms with Gasteiger partial charge in [-0.1, -0.05) is 12.1 Å². The summed E-state index contributed by atoms with van der Waals surface area (Å²) in [5, 5.41) is 2.71. The van der Waals surface area contributed by atoms with Crippen molar-refractivity contribution < 1.29 is 14.3 Å². The molecule has 5 nitrogen and oxygen atoms in total. The van der Waals surface area contributed by atoms with Crippen LogP contribution < -0.4 is 11.1 Å². The molecular weight excluding hydrogens is 196 g/mol. The van der Waals surface area contributed by atoms with Gasteiger partial charge in [0, 0.05) is 12.1 Å². The minimum absolute atomic E-state index is 0.0917. The van der Waals surface area contributed by atoms with E-state index in [0.717, 1.165) is 11.1 Å². The maximum absolute atomic E-state index is 11.3. The van der Waals surface area contributed by atoms with Crippen LogP contribution in [0.4, 0.5) is 4.79 Å². The number of fused-ring (bicyclic) bond motifs is 1. The summed E-state index contributed by atoms with van der Waals surface area (Å²) in [4.78, 5) is 21.7. The summed E-state index contributed by atoms with van der Waals surface area (Å²) in [6, 6.07) is 5.36. The standard InChI is InChI=1S/C10H10N2O3/c11-10(14)15-5-6-1-2-7-4-12-9(13)8(7)3-6/h1-3H,4-5H2,(H2,11,14)(H,12,13). The van der Waals surface area contributed by atoms with Gasteiger partial charge in [0.2, 0.25) is 0 Å². The average molecular weight is 206 g/mol. The van der Waals surface area contributed by atoms with Gasteiger partial charge in [0.15, 0.2) is 0 Å². The predicted octanol–water partition coefficient (Wildman–Crippen LogP) is 0.525. The van der Waals surface area contributed by atoms with Crippen LogP contribution in [0.2, 0.25) is 0 Å². The topological polar surface area (TPSA) is 81.4 Å². The number of hydrogen-bond acceptors (Lipinski definition) is 3. The van der Waals surface area contributed by atoms with Gasteiger partial charge in [-0.05, 0) is 17.2 Å². The Morgan fingerprint density at radius 1 is 1.53 bits per heavy atom. The summed E-state index contributed by atoms with van der Waals surface area (Å²) in [6.07, 6.45) is -0.819. The molecule has 0 saturated carbocycles. The molecule has 1 aromatic carbocycles. The smallest absolute Gasteiger partial charge is 0.404 e. The van der Waals surface area contributed by atoms with Gasteiger partial charge < -0.3 is 15.8 Å². The molecule has 1 heterocycles. The number of carbonyl (C=O) groups is 2. The molecule has 0 spiro atoms. The van der Waals surface area contributed by atoms with Gasteiger partial charge in [0.1, 0.15) is 6.61 Å². The molecule has 2 amide bonds. The Morgan fingerprint density at radius 3 is 3.07 bits per heavy atom. The zero-order valence-electron chi connectivity index (χ0n) is 7.95. The van der Waals surface area contributed by atoms with Crippen molar-refractivity contribution in [3.63, 3.8) is 0 Å². The fourth-order valence-corrected chi connectivity index (χ4v) is 1.50. The summed E-state index contributed by atoms with van der Waals surface area (Å²) >= 11 is 0. The van der Waals surface area contributed by atoms with Gasteiger partial charge in [0.25, 0.3) is 5.91 Å². The van der Waals surface area contributed by atoms with E-state index in [0.29, 0.717) is 12.1 Å². The van der Waals surface area contributed by atoms with Gasteiger partial charge in [-0.15, -0.1) is 0 Å². The lowest BCUT2D eigenvalue weighted by atomic mass is 10.1. The summed E-state index contributed by atoms with van der Waals surface area (Å²) < 4.78 is 4.63. The number of rotatable bonds is 2. The van der Waals surface area contributed by atoms with Gasteiger partial charge in [0.05, 0.1) is 0 Å². The van der Waals surface area contributed by atoms with Gasteiger partial charge in [-0.3, -0.25) is 4.79 Å². The zero-order valence-corrected chi connectivity index (χ0v) is 7.95. The summed E-state index contributed by atoms with van der Waals surface area (Å²) in [7, 11) is 0. The van der Waals surface area contributed by atoms with E-state index >= 15 is 0 Å². The van der Waals surface area contributed by atoms with E-state index in [1.165, 1.54) is 0 Å². The number of hydrogen-bond donors (Lipinski definition) is 2. The number of nitrogens with two attached hydrogens (primary N) is 1. The van der Waals surface area contributed by atoms with Crippen LogP contribution in [0.3, 0.4) is 0 Å². The predicted molar refractivity (Wildman–Crippen MR) is 52.0 cm³/mol. The molecule has 0 fully saturated rings. The molecule has 0 aromatic heterocycles. The van der Waals surface area contributed by atoms with Crippen molar-refractivity contribution in [2.75, 3.05) is 0 Å². The number of benzene rings is 1. The van der Waals surface area contributed by atoms with E-state index in [1.807, 2.05) is 12.1 Å². The van der Waals surface area contributed by atoms with Gasteiger partial charge in [-0.2, -0.15) is 0 Å². The van der Waals surface area contributed by atoms with Crippen LogP contribution in [0.15, 0.2) is 18.2 Å². The second-order valence-corrected chi connectivity index (χ2v) is 3.28. The zero-order chi connectivity index (χ0) is 10.8. The van der Waals surface area contributed by atoms with Gasteiger partial charge >= 0.3 is 6.09 Å². The number of primary amides is 1. The monoisotopic (exact) mass is 206 g/mol. The molecular formula is C10H10N2O3. The van der Waals surface area contributed by atoms with E-state index in [2.05, 4.69) is 10.1 Å². The molecule has 5 heteroatoms. The molecule has 1 aromatic rings. The van der Waals surface area contributed by atoms with Crippen molar-refractivity contribution in [2.24, 2.45) is 5.73 Å². The van der Waals surface area contributed by atoms with Crippen molar-refractivity contribution in [2.45, 2.75) is 13.2 Å². The molecule has 0 bridgehead atoms. The lowest BCUT2D eigenvalue weighted by molar-refractivity contribution is 0.0965. The van der Waals surface area contributed by atoms with Crippen molar-refractivity contribution in [1.82, 2.24) is 5.32 Å². The highest BCUT2D eigenvalue weighted by molar-refractivity contribution is 5.98. The minimum Gasteiger partial charge on any atom is -0.445 e. The number of ether oxygens (including phenoxy) is 1. The number of carbonyl (C=O) groups excluding carboxylic acids is 2. The SMILES string of the molecule is NC(=O)OCc1ccc2c(c1)C(=O)NC2. The van der Waals surface area contributed by atoms with Crippen LogP contribution in [0.25, 0.3) is 0 Å². The molecule has 1 aliphatic heterocycles. The Bertz CT molecular complexity index is 429. The first-order valence-corrected chi connectivity index (χ1v) is 4.49. The molecule has 0 saturated heterocycles. The van der Waals surface area contributed by atoms with Crippen LogP contribution in [0, 0.1) is 0 Å². The molecule has 0 unspecified atom stereocenters. The Hall–Kier alpha value is -2.04. The molecule has 1 aliphatic rings. The average Bonchev–Trinajstić information content (AvgIpc) is 2.57. The normalized spacial score (nSPS) is 13.2. The van der Waals surface area contributed by atoms with E-state index in [1.54, 1.807) is 6.07 Å². The molecule has 0 radical (unpaired) electrons.